The van der Waals surface area contributed by atoms with Crippen molar-refractivity contribution in [2.24, 2.45) is 10.9 Å². The van der Waals surface area contributed by atoms with Gasteiger partial charge in [-0.05, 0) is 48.8 Å². The van der Waals surface area contributed by atoms with E-state index in [1.54, 1.807) is 12.1 Å². The van der Waals surface area contributed by atoms with E-state index < -0.39 is 17.7 Å². The molecule has 5 nitrogen and oxygen atoms in total. The van der Waals surface area contributed by atoms with Crippen molar-refractivity contribution in [3.8, 4) is 0 Å². The number of aryl methyl sites for hydroxylation is 1. The van der Waals surface area contributed by atoms with Crippen LogP contribution in [0.15, 0.2) is 53.5 Å². The summed E-state index contributed by atoms with van der Waals surface area (Å²) in [4.78, 5) is 31.1. The third-order valence-corrected chi connectivity index (χ3v) is 4.70. The highest BCUT2D eigenvalue weighted by Gasteiger charge is 2.38. The van der Waals surface area contributed by atoms with Crippen molar-refractivity contribution in [1.82, 2.24) is 5.32 Å². The molecule has 1 saturated heterocycles. The third-order valence-electron chi connectivity index (χ3n) is 4.42. The van der Waals surface area contributed by atoms with Gasteiger partial charge in [-0.25, -0.2) is 0 Å². The SMILES string of the molecule is Cc1ccc(N2C(=O)C(C=Nc3ccccc3C(C)C)C(=O)NC2=S)cc1. The largest absolute Gasteiger partial charge is 0.301 e. The van der Waals surface area contributed by atoms with Gasteiger partial charge in [-0.15, -0.1) is 0 Å². The van der Waals surface area contributed by atoms with Crippen LogP contribution in [0.4, 0.5) is 11.4 Å². The predicted octanol–water partition coefficient (Wildman–Crippen LogP) is 3.88. The van der Waals surface area contributed by atoms with Gasteiger partial charge in [0.15, 0.2) is 11.0 Å². The summed E-state index contributed by atoms with van der Waals surface area (Å²) in [6, 6.07) is 15.1. The summed E-state index contributed by atoms with van der Waals surface area (Å²) in [5.41, 5.74) is 3.50. The molecule has 1 unspecified atom stereocenters. The van der Waals surface area contributed by atoms with E-state index in [-0.39, 0.29) is 11.0 Å². The Hall–Kier alpha value is -2.86. The van der Waals surface area contributed by atoms with Gasteiger partial charge in [-0.1, -0.05) is 49.7 Å². The number of carbonyl (C=O) groups excluding carboxylic acids is 2. The number of hydrogen-bond donors (Lipinski definition) is 1. The number of thiocarbonyl (C=S) groups is 1. The van der Waals surface area contributed by atoms with Gasteiger partial charge >= 0.3 is 0 Å². The van der Waals surface area contributed by atoms with Crippen LogP contribution in [0, 0.1) is 12.8 Å². The molecule has 2 amide bonds. The molecule has 0 aromatic heterocycles. The molecule has 1 heterocycles. The van der Waals surface area contributed by atoms with Crippen LogP contribution in [0.5, 0.6) is 0 Å². The third kappa shape index (κ3) is 3.95. The van der Waals surface area contributed by atoms with Crippen molar-refractivity contribution in [3.05, 3.63) is 59.7 Å². The van der Waals surface area contributed by atoms with Crippen molar-refractivity contribution >= 4 is 46.7 Å². The molecule has 0 bridgehead atoms. The molecule has 138 valence electrons. The molecule has 2 aromatic rings. The van der Waals surface area contributed by atoms with Crippen LogP contribution in [0.3, 0.4) is 0 Å². The second-order valence-electron chi connectivity index (χ2n) is 6.77. The van der Waals surface area contributed by atoms with E-state index >= 15 is 0 Å². The summed E-state index contributed by atoms with van der Waals surface area (Å²) in [6.45, 7) is 6.11. The standard InChI is InChI=1S/C21H21N3O2S/c1-13(2)16-6-4-5-7-18(16)22-12-17-19(25)23-21(27)24(20(17)26)15-10-8-14(3)9-11-15/h4-13,17H,1-3H3,(H,23,25,27). The van der Waals surface area contributed by atoms with Gasteiger partial charge in [0, 0.05) is 6.21 Å². The van der Waals surface area contributed by atoms with Gasteiger partial charge in [-0.2, -0.15) is 0 Å². The molecule has 1 atom stereocenters. The van der Waals surface area contributed by atoms with Gasteiger partial charge in [0.25, 0.3) is 5.91 Å². The number of aliphatic imine (C=N–C) groups is 1. The number of hydrogen-bond acceptors (Lipinski definition) is 4. The highest BCUT2D eigenvalue weighted by atomic mass is 32.1. The van der Waals surface area contributed by atoms with Crippen molar-refractivity contribution in [1.29, 1.82) is 0 Å². The Morgan fingerprint density at radius 1 is 1.11 bits per heavy atom. The molecule has 1 aliphatic heterocycles. The summed E-state index contributed by atoms with van der Waals surface area (Å²) >= 11 is 5.21. The molecule has 2 aromatic carbocycles. The maximum atomic E-state index is 13.0. The predicted molar refractivity (Wildman–Crippen MR) is 112 cm³/mol. The number of para-hydroxylation sites is 1. The van der Waals surface area contributed by atoms with E-state index in [9.17, 15) is 9.59 Å². The molecule has 0 saturated carbocycles. The normalized spacial score (nSPS) is 17.7. The topological polar surface area (TPSA) is 61.8 Å². The molecule has 0 aliphatic carbocycles. The van der Waals surface area contributed by atoms with Crippen LogP contribution in [0.25, 0.3) is 0 Å². The minimum absolute atomic E-state index is 0.0843. The van der Waals surface area contributed by atoms with E-state index in [2.05, 4.69) is 24.2 Å². The van der Waals surface area contributed by atoms with E-state index in [4.69, 9.17) is 12.2 Å². The van der Waals surface area contributed by atoms with Crippen LogP contribution >= 0.6 is 12.2 Å². The van der Waals surface area contributed by atoms with Crippen molar-refractivity contribution in [2.45, 2.75) is 26.7 Å². The number of anilines is 1. The number of rotatable bonds is 4. The van der Waals surface area contributed by atoms with Gasteiger partial charge in [0.1, 0.15) is 0 Å². The van der Waals surface area contributed by atoms with E-state index in [1.165, 1.54) is 11.1 Å². The molecule has 1 fully saturated rings. The molecule has 0 radical (unpaired) electrons. The highest BCUT2D eigenvalue weighted by molar-refractivity contribution is 7.80. The summed E-state index contributed by atoms with van der Waals surface area (Å²) in [5, 5.41) is 2.69. The van der Waals surface area contributed by atoms with Crippen molar-refractivity contribution < 1.29 is 9.59 Å². The molecule has 3 rings (SSSR count). The average Bonchev–Trinajstić information content (AvgIpc) is 2.63. The second-order valence-corrected chi connectivity index (χ2v) is 7.16. The fourth-order valence-electron chi connectivity index (χ4n) is 2.91. The zero-order valence-electron chi connectivity index (χ0n) is 15.5. The molecule has 1 aliphatic rings. The second kappa shape index (κ2) is 7.80. The van der Waals surface area contributed by atoms with Gasteiger partial charge < -0.3 is 5.32 Å². The Bertz CT molecular complexity index is 919. The van der Waals surface area contributed by atoms with Crippen molar-refractivity contribution in [2.75, 3.05) is 4.90 Å². The lowest BCUT2D eigenvalue weighted by atomic mass is 10.0. The Kier molecular flexibility index (Phi) is 5.46. The zero-order valence-corrected chi connectivity index (χ0v) is 16.3. The zero-order chi connectivity index (χ0) is 19.6. The Balaban J connectivity index is 1.91. The lowest BCUT2D eigenvalue weighted by molar-refractivity contribution is -0.130. The van der Waals surface area contributed by atoms with Crippen LogP contribution < -0.4 is 10.2 Å². The van der Waals surface area contributed by atoms with E-state index in [1.807, 2.05) is 43.3 Å². The minimum Gasteiger partial charge on any atom is -0.301 e. The van der Waals surface area contributed by atoms with Gasteiger partial charge in [-0.3, -0.25) is 19.5 Å². The number of amides is 2. The average molecular weight is 379 g/mol. The Morgan fingerprint density at radius 2 is 1.78 bits per heavy atom. The minimum atomic E-state index is -1.03. The smallest absolute Gasteiger partial charge is 0.251 e. The van der Waals surface area contributed by atoms with Crippen LogP contribution in [-0.4, -0.2) is 23.1 Å². The first-order valence-electron chi connectivity index (χ1n) is 8.77. The van der Waals surface area contributed by atoms with Crippen LogP contribution in [-0.2, 0) is 9.59 Å². The van der Waals surface area contributed by atoms with Gasteiger partial charge in [0.05, 0.1) is 11.4 Å². The maximum absolute atomic E-state index is 13.0. The number of nitrogens with zero attached hydrogens (tertiary/aromatic N) is 2. The lowest BCUT2D eigenvalue weighted by Crippen LogP contribution is -2.58. The molecular weight excluding hydrogens is 358 g/mol. The molecule has 1 N–H and O–H groups in total. The number of benzene rings is 2. The Labute approximate surface area is 164 Å². The first-order chi connectivity index (χ1) is 12.9. The van der Waals surface area contributed by atoms with Crippen LogP contribution in [0.2, 0.25) is 0 Å². The summed E-state index contributed by atoms with van der Waals surface area (Å²) in [5.74, 6) is -1.61. The van der Waals surface area contributed by atoms with Gasteiger partial charge in [0.2, 0.25) is 5.91 Å². The summed E-state index contributed by atoms with van der Waals surface area (Å²) in [6.07, 6.45) is 1.40. The number of carbonyl (C=O) groups is 2. The fraction of sp³-hybridized carbons (Fsp3) is 0.238. The number of nitrogens with one attached hydrogen (secondary N) is 1. The summed E-state index contributed by atoms with van der Waals surface area (Å²) in [7, 11) is 0. The lowest BCUT2D eigenvalue weighted by Gasteiger charge is -2.31. The maximum Gasteiger partial charge on any atom is 0.251 e. The molecule has 6 heteroatoms. The first kappa shape index (κ1) is 18.9. The first-order valence-corrected chi connectivity index (χ1v) is 9.18. The molecular formula is C21H21N3O2S. The van der Waals surface area contributed by atoms with Crippen molar-refractivity contribution in [3.63, 3.8) is 0 Å². The van der Waals surface area contributed by atoms with E-state index in [0.717, 1.165) is 16.8 Å². The van der Waals surface area contributed by atoms with E-state index in [0.29, 0.717) is 5.69 Å². The Morgan fingerprint density at radius 3 is 2.44 bits per heavy atom. The molecule has 27 heavy (non-hydrogen) atoms. The van der Waals surface area contributed by atoms with Crippen LogP contribution in [0.1, 0.15) is 30.9 Å². The highest BCUT2D eigenvalue weighted by Crippen LogP contribution is 2.27. The monoisotopic (exact) mass is 379 g/mol. The molecule has 0 spiro atoms. The quantitative estimate of drug-likeness (QED) is 0.498. The fourth-order valence-corrected chi connectivity index (χ4v) is 3.20. The summed E-state index contributed by atoms with van der Waals surface area (Å²) < 4.78 is 0.